The second-order valence-electron chi connectivity index (χ2n) is 4.30. The number of carbonyl (C=O) groups excluding carboxylic acids is 1. The molecule has 0 aliphatic carbocycles. The van der Waals surface area contributed by atoms with Crippen LogP contribution in [0.3, 0.4) is 0 Å². The molecule has 0 fully saturated rings. The molecule has 0 bridgehead atoms. The fourth-order valence-corrected chi connectivity index (χ4v) is 2.53. The minimum absolute atomic E-state index is 0.0306. The molecule has 1 aromatic heterocycles. The zero-order valence-corrected chi connectivity index (χ0v) is 12.2. The van der Waals surface area contributed by atoms with Crippen LogP contribution in [0.4, 0.5) is 5.69 Å². The van der Waals surface area contributed by atoms with E-state index in [-0.39, 0.29) is 11.7 Å². The number of hydrogen-bond acceptors (Lipinski definition) is 3. The summed E-state index contributed by atoms with van der Waals surface area (Å²) in [7, 11) is 0. The van der Waals surface area contributed by atoms with Crippen LogP contribution < -0.4 is 5.32 Å². The van der Waals surface area contributed by atoms with Crippen LogP contribution in [0.2, 0.25) is 0 Å². The Balaban J connectivity index is 2.29. The molecule has 2 N–H and O–H groups in total. The van der Waals surface area contributed by atoms with Gasteiger partial charge in [-0.3, -0.25) is 9.78 Å². The Morgan fingerprint density at radius 2 is 1.84 bits per heavy atom. The summed E-state index contributed by atoms with van der Waals surface area (Å²) in [5.74, 6) is -0.325. The number of aryl methyl sites for hydroxylation is 2. The molecule has 19 heavy (non-hydrogen) atoms. The Hall–Kier alpha value is -1.88. The van der Waals surface area contributed by atoms with Crippen LogP contribution in [0.1, 0.15) is 21.5 Å². The van der Waals surface area contributed by atoms with E-state index in [4.69, 9.17) is 0 Å². The van der Waals surface area contributed by atoms with Crippen LogP contribution in [0.15, 0.2) is 35.1 Å². The molecule has 0 aliphatic rings. The number of halogens is 1. The summed E-state index contributed by atoms with van der Waals surface area (Å²) in [4.78, 5) is 15.9. The van der Waals surface area contributed by atoms with Crippen LogP contribution in [0.25, 0.3) is 0 Å². The third kappa shape index (κ3) is 3.12. The Morgan fingerprint density at radius 3 is 2.42 bits per heavy atom. The molecule has 5 heteroatoms. The van der Waals surface area contributed by atoms with Gasteiger partial charge in [0.25, 0.3) is 5.91 Å². The van der Waals surface area contributed by atoms with Crippen molar-refractivity contribution in [1.29, 1.82) is 0 Å². The van der Waals surface area contributed by atoms with E-state index in [1.165, 1.54) is 18.5 Å². The first-order valence-corrected chi connectivity index (χ1v) is 6.49. The second kappa shape index (κ2) is 5.40. The molecular formula is C14H13BrN2O2. The van der Waals surface area contributed by atoms with Gasteiger partial charge in [0.2, 0.25) is 0 Å². The Kier molecular flexibility index (Phi) is 3.85. The molecule has 2 rings (SSSR count). The first-order chi connectivity index (χ1) is 8.97. The van der Waals surface area contributed by atoms with Gasteiger partial charge in [0.05, 0.1) is 11.8 Å². The highest BCUT2D eigenvalue weighted by molar-refractivity contribution is 9.10. The van der Waals surface area contributed by atoms with Crippen LogP contribution in [-0.2, 0) is 0 Å². The van der Waals surface area contributed by atoms with Gasteiger partial charge in [-0.1, -0.05) is 15.9 Å². The summed E-state index contributed by atoms with van der Waals surface area (Å²) in [6.45, 7) is 3.85. The number of hydrogen-bond donors (Lipinski definition) is 2. The maximum Gasteiger partial charge on any atom is 0.257 e. The van der Waals surface area contributed by atoms with E-state index in [0.29, 0.717) is 5.56 Å². The van der Waals surface area contributed by atoms with Crippen LogP contribution in [-0.4, -0.2) is 16.0 Å². The molecule has 0 saturated carbocycles. The normalized spacial score (nSPS) is 10.3. The fourth-order valence-electron chi connectivity index (χ4n) is 1.85. The summed E-state index contributed by atoms with van der Waals surface area (Å²) >= 11 is 3.41. The molecule has 0 unspecified atom stereocenters. The third-order valence-corrected chi connectivity index (χ3v) is 3.18. The molecule has 1 heterocycles. The topological polar surface area (TPSA) is 62.2 Å². The molecule has 0 saturated heterocycles. The summed E-state index contributed by atoms with van der Waals surface area (Å²) in [5, 5.41) is 12.2. The first kappa shape index (κ1) is 13.5. The van der Waals surface area contributed by atoms with Crippen molar-refractivity contribution in [2.24, 2.45) is 0 Å². The molecule has 0 radical (unpaired) electrons. The lowest BCUT2D eigenvalue weighted by Gasteiger charge is -2.12. The summed E-state index contributed by atoms with van der Waals surface area (Å²) in [6.07, 6.45) is 2.70. The number of carbonyl (C=O) groups is 1. The van der Waals surface area contributed by atoms with Crippen molar-refractivity contribution >= 4 is 27.5 Å². The van der Waals surface area contributed by atoms with Crippen molar-refractivity contribution in [3.8, 4) is 5.75 Å². The lowest BCUT2D eigenvalue weighted by Crippen LogP contribution is -2.14. The lowest BCUT2D eigenvalue weighted by atomic mass is 10.1. The molecule has 1 aromatic carbocycles. The summed E-state index contributed by atoms with van der Waals surface area (Å²) < 4.78 is 0.972. The van der Waals surface area contributed by atoms with Crippen molar-refractivity contribution < 1.29 is 9.90 Å². The van der Waals surface area contributed by atoms with Crippen LogP contribution in [0.5, 0.6) is 5.75 Å². The van der Waals surface area contributed by atoms with E-state index in [2.05, 4.69) is 26.2 Å². The number of pyridine rings is 1. The van der Waals surface area contributed by atoms with Gasteiger partial charge in [0, 0.05) is 16.4 Å². The SMILES string of the molecule is Cc1cc(Br)cc(C)c1NC(=O)c1cncc(O)c1. The van der Waals surface area contributed by atoms with Gasteiger partial charge in [0.15, 0.2) is 0 Å². The number of nitrogens with one attached hydrogen (secondary N) is 1. The number of benzene rings is 1. The quantitative estimate of drug-likeness (QED) is 0.891. The van der Waals surface area contributed by atoms with Gasteiger partial charge in [-0.05, 0) is 43.2 Å². The molecule has 2 aromatic rings. The summed E-state index contributed by atoms with van der Waals surface area (Å²) in [5.41, 5.74) is 3.03. The van der Waals surface area contributed by atoms with E-state index < -0.39 is 0 Å². The maximum atomic E-state index is 12.1. The third-order valence-electron chi connectivity index (χ3n) is 2.72. The van der Waals surface area contributed by atoms with Crippen LogP contribution >= 0.6 is 15.9 Å². The molecule has 1 amide bonds. The zero-order valence-electron chi connectivity index (χ0n) is 10.6. The Morgan fingerprint density at radius 1 is 1.21 bits per heavy atom. The number of aromatic nitrogens is 1. The molecule has 0 spiro atoms. The monoisotopic (exact) mass is 320 g/mol. The minimum Gasteiger partial charge on any atom is -0.506 e. The highest BCUT2D eigenvalue weighted by Gasteiger charge is 2.11. The average Bonchev–Trinajstić information content (AvgIpc) is 2.33. The number of amides is 1. The lowest BCUT2D eigenvalue weighted by molar-refractivity contribution is 0.102. The summed E-state index contributed by atoms with van der Waals surface area (Å²) in [6, 6.07) is 5.25. The molecule has 0 aliphatic heterocycles. The van der Waals surface area contributed by atoms with E-state index in [0.717, 1.165) is 21.3 Å². The zero-order chi connectivity index (χ0) is 14.0. The van der Waals surface area contributed by atoms with Crippen LogP contribution in [0, 0.1) is 13.8 Å². The highest BCUT2D eigenvalue weighted by atomic mass is 79.9. The number of anilines is 1. The van der Waals surface area contributed by atoms with E-state index >= 15 is 0 Å². The number of aromatic hydroxyl groups is 1. The molecular weight excluding hydrogens is 308 g/mol. The van der Waals surface area contributed by atoms with Crippen molar-refractivity contribution in [3.05, 3.63) is 51.8 Å². The van der Waals surface area contributed by atoms with E-state index in [1.807, 2.05) is 26.0 Å². The van der Waals surface area contributed by atoms with Gasteiger partial charge < -0.3 is 10.4 Å². The van der Waals surface area contributed by atoms with E-state index in [1.54, 1.807) is 0 Å². The van der Waals surface area contributed by atoms with Gasteiger partial charge in [0.1, 0.15) is 5.75 Å². The minimum atomic E-state index is -0.295. The van der Waals surface area contributed by atoms with Gasteiger partial charge in [-0.2, -0.15) is 0 Å². The number of rotatable bonds is 2. The highest BCUT2D eigenvalue weighted by Crippen LogP contribution is 2.25. The van der Waals surface area contributed by atoms with Crippen molar-refractivity contribution in [1.82, 2.24) is 4.98 Å². The predicted octanol–water partition coefficient (Wildman–Crippen LogP) is 3.42. The predicted molar refractivity (Wildman–Crippen MR) is 77.5 cm³/mol. The average molecular weight is 321 g/mol. The number of nitrogens with zero attached hydrogens (tertiary/aromatic N) is 1. The molecule has 0 atom stereocenters. The van der Waals surface area contributed by atoms with Gasteiger partial charge in [-0.15, -0.1) is 0 Å². The Labute approximate surface area is 119 Å². The second-order valence-corrected chi connectivity index (χ2v) is 5.22. The van der Waals surface area contributed by atoms with Gasteiger partial charge >= 0.3 is 0 Å². The van der Waals surface area contributed by atoms with Crippen molar-refractivity contribution in [2.45, 2.75) is 13.8 Å². The first-order valence-electron chi connectivity index (χ1n) is 5.69. The van der Waals surface area contributed by atoms with E-state index in [9.17, 15) is 9.90 Å². The van der Waals surface area contributed by atoms with Crippen molar-refractivity contribution in [3.63, 3.8) is 0 Å². The Bertz CT molecular complexity index is 618. The fraction of sp³-hybridized carbons (Fsp3) is 0.143. The molecule has 98 valence electrons. The molecule has 4 nitrogen and oxygen atoms in total. The smallest absolute Gasteiger partial charge is 0.257 e. The van der Waals surface area contributed by atoms with Gasteiger partial charge in [-0.25, -0.2) is 0 Å². The standard InChI is InChI=1S/C14H13BrN2O2/c1-8-3-11(15)4-9(2)13(8)17-14(19)10-5-12(18)7-16-6-10/h3-7,18H,1-2H3,(H,17,19). The van der Waals surface area contributed by atoms with Crippen molar-refractivity contribution in [2.75, 3.05) is 5.32 Å². The maximum absolute atomic E-state index is 12.1. The largest absolute Gasteiger partial charge is 0.506 e.